The van der Waals surface area contributed by atoms with Crippen molar-refractivity contribution < 1.29 is 17.8 Å². The number of amides is 1. The highest BCUT2D eigenvalue weighted by atomic mass is 32.2. The summed E-state index contributed by atoms with van der Waals surface area (Å²) in [7, 11) is -4.43. The maximum atomic E-state index is 12.6. The Hall–Kier alpha value is -2.18. The molecule has 0 unspecified atom stereocenters. The molecule has 22 heavy (non-hydrogen) atoms. The van der Waals surface area contributed by atoms with E-state index in [0.29, 0.717) is 13.1 Å². The van der Waals surface area contributed by atoms with Crippen LogP contribution in [0.25, 0.3) is 0 Å². The molecule has 114 valence electrons. The Morgan fingerprint density at radius 2 is 1.64 bits per heavy atom. The number of carbonyl (C=O) groups is 1. The van der Waals surface area contributed by atoms with Crippen molar-refractivity contribution in [3.63, 3.8) is 0 Å². The van der Waals surface area contributed by atoms with Gasteiger partial charge >= 0.3 is 0 Å². The third kappa shape index (κ3) is 2.75. The number of fused-ring (bicyclic) bond motifs is 1. The van der Waals surface area contributed by atoms with Gasteiger partial charge in [0.1, 0.15) is 4.90 Å². The summed E-state index contributed by atoms with van der Waals surface area (Å²) in [6, 6.07) is 13.6. The topological polar surface area (TPSA) is 74.7 Å². The normalized spacial score (nSPS) is 14.5. The van der Waals surface area contributed by atoms with Crippen LogP contribution in [0.4, 0.5) is 0 Å². The predicted octanol–water partition coefficient (Wildman–Crippen LogP) is 2.13. The second-order valence-corrected chi connectivity index (χ2v) is 6.61. The van der Waals surface area contributed by atoms with Crippen molar-refractivity contribution in [1.29, 1.82) is 0 Å². The monoisotopic (exact) mass is 317 g/mol. The van der Waals surface area contributed by atoms with E-state index in [1.54, 1.807) is 11.0 Å². The van der Waals surface area contributed by atoms with Crippen LogP contribution in [0.15, 0.2) is 53.4 Å². The minimum Gasteiger partial charge on any atom is -0.334 e. The Morgan fingerprint density at radius 3 is 2.36 bits per heavy atom. The predicted molar refractivity (Wildman–Crippen MR) is 81.1 cm³/mol. The molecule has 3 rings (SSSR count). The van der Waals surface area contributed by atoms with Gasteiger partial charge in [-0.05, 0) is 29.7 Å². The molecule has 0 atom stereocenters. The van der Waals surface area contributed by atoms with Gasteiger partial charge in [-0.25, -0.2) is 0 Å². The molecule has 1 aliphatic heterocycles. The standard InChI is InChI=1S/C16H15NO4S/c18-16(14-7-3-4-8-15(14)22(19,20)21)17-10-9-12-5-1-2-6-13(12)11-17/h1-8H,9-11H2,(H,19,20,21). The number of carbonyl (C=O) groups excluding carboxylic acids is 1. The molecule has 0 aliphatic carbocycles. The third-order valence-electron chi connectivity index (χ3n) is 3.81. The van der Waals surface area contributed by atoms with Crippen molar-refractivity contribution in [3.05, 3.63) is 65.2 Å². The van der Waals surface area contributed by atoms with Crippen molar-refractivity contribution >= 4 is 16.0 Å². The molecule has 1 heterocycles. The maximum Gasteiger partial charge on any atom is 0.295 e. The zero-order chi connectivity index (χ0) is 15.7. The summed E-state index contributed by atoms with van der Waals surface area (Å²) in [6.07, 6.45) is 0.732. The van der Waals surface area contributed by atoms with E-state index >= 15 is 0 Å². The van der Waals surface area contributed by atoms with E-state index in [4.69, 9.17) is 0 Å². The summed E-state index contributed by atoms with van der Waals surface area (Å²) in [4.78, 5) is 13.9. The lowest BCUT2D eigenvalue weighted by molar-refractivity contribution is 0.0730. The van der Waals surface area contributed by atoms with Gasteiger partial charge in [0.25, 0.3) is 16.0 Å². The Labute approximate surface area is 128 Å². The molecule has 1 amide bonds. The molecular formula is C16H15NO4S. The SMILES string of the molecule is O=C(c1ccccc1S(=O)(=O)O)N1CCc2ccccc2C1. The largest absolute Gasteiger partial charge is 0.334 e. The molecule has 6 heteroatoms. The Balaban J connectivity index is 1.94. The van der Waals surface area contributed by atoms with Gasteiger partial charge in [-0.3, -0.25) is 9.35 Å². The summed E-state index contributed by atoms with van der Waals surface area (Å²) >= 11 is 0. The third-order valence-corrected chi connectivity index (χ3v) is 4.73. The number of benzene rings is 2. The lowest BCUT2D eigenvalue weighted by Crippen LogP contribution is -2.36. The molecule has 1 N–H and O–H groups in total. The van der Waals surface area contributed by atoms with Crippen LogP contribution >= 0.6 is 0 Å². The number of nitrogens with zero attached hydrogens (tertiary/aromatic N) is 1. The number of rotatable bonds is 2. The van der Waals surface area contributed by atoms with Gasteiger partial charge in [-0.1, -0.05) is 36.4 Å². The smallest absolute Gasteiger partial charge is 0.295 e. The molecule has 0 bridgehead atoms. The van der Waals surface area contributed by atoms with Crippen LogP contribution in [-0.2, 0) is 23.1 Å². The lowest BCUT2D eigenvalue weighted by atomic mass is 9.99. The van der Waals surface area contributed by atoms with Crippen molar-refractivity contribution in [2.45, 2.75) is 17.9 Å². The molecular weight excluding hydrogens is 302 g/mol. The van der Waals surface area contributed by atoms with Crippen LogP contribution in [0, 0.1) is 0 Å². The van der Waals surface area contributed by atoms with Gasteiger partial charge in [-0.15, -0.1) is 0 Å². The molecule has 0 aromatic heterocycles. The summed E-state index contributed by atoms with van der Waals surface area (Å²) < 4.78 is 32.1. The van der Waals surface area contributed by atoms with Gasteiger partial charge in [0.2, 0.25) is 0 Å². The molecule has 2 aromatic carbocycles. The van der Waals surface area contributed by atoms with Crippen LogP contribution in [0.5, 0.6) is 0 Å². The fourth-order valence-electron chi connectivity index (χ4n) is 2.71. The molecule has 0 fully saturated rings. The summed E-state index contributed by atoms with van der Waals surface area (Å²) in [5.74, 6) is -0.386. The molecule has 1 aliphatic rings. The quantitative estimate of drug-likeness (QED) is 0.861. The van der Waals surface area contributed by atoms with Gasteiger partial charge in [0.05, 0.1) is 5.56 Å². The zero-order valence-corrected chi connectivity index (χ0v) is 12.6. The van der Waals surface area contributed by atoms with Crippen LogP contribution < -0.4 is 0 Å². The fraction of sp³-hybridized carbons (Fsp3) is 0.188. The van der Waals surface area contributed by atoms with E-state index in [1.165, 1.54) is 23.8 Å². The van der Waals surface area contributed by atoms with Gasteiger partial charge < -0.3 is 4.90 Å². The highest BCUT2D eigenvalue weighted by molar-refractivity contribution is 7.86. The average molecular weight is 317 g/mol. The van der Waals surface area contributed by atoms with Crippen LogP contribution in [0.1, 0.15) is 21.5 Å². The van der Waals surface area contributed by atoms with Crippen molar-refractivity contribution in [1.82, 2.24) is 4.90 Å². The van der Waals surface area contributed by atoms with Crippen LogP contribution in [0.2, 0.25) is 0 Å². The first-order valence-corrected chi connectivity index (χ1v) is 8.33. The van der Waals surface area contributed by atoms with Crippen molar-refractivity contribution in [3.8, 4) is 0 Å². The number of hydrogen-bond acceptors (Lipinski definition) is 3. The maximum absolute atomic E-state index is 12.6. The molecule has 2 aromatic rings. The number of hydrogen-bond donors (Lipinski definition) is 1. The minimum atomic E-state index is -4.43. The summed E-state index contributed by atoms with van der Waals surface area (Å²) in [5, 5.41) is 0. The highest BCUT2D eigenvalue weighted by Gasteiger charge is 2.26. The van der Waals surface area contributed by atoms with Crippen LogP contribution in [-0.4, -0.2) is 30.3 Å². The molecule has 0 radical (unpaired) electrons. The first kappa shape index (κ1) is 14.7. The zero-order valence-electron chi connectivity index (χ0n) is 11.8. The second kappa shape index (κ2) is 5.55. The van der Waals surface area contributed by atoms with E-state index < -0.39 is 10.1 Å². The van der Waals surface area contributed by atoms with E-state index in [1.807, 2.05) is 24.3 Å². The molecule has 0 saturated heterocycles. The van der Waals surface area contributed by atoms with Gasteiger partial charge in [0.15, 0.2) is 0 Å². The van der Waals surface area contributed by atoms with E-state index in [0.717, 1.165) is 12.0 Å². The van der Waals surface area contributed by atoms with Crippen molar-refractivity contribution in [2.75, 3.05) is 6.54 Å². The highest BCUT2D eigenvalue weighted by Crippen LogP contribution is 2.23. The Bertz CT molecular complexity index is 830. The minimum absolute atomic E-state index is 0.00406. The Kier molecular flexibility index (Phi) is 3.72. The first-order chi connectivity index (χ1) is 10.5. The first-order valence-electron chi connectivity index (χ1n) is 6.89. The molecule has 0 spiro atoms. The van der Waals surface area contributed by atoms with E-state index in [9.17, 15) is 17.8 Å². The summed E-state index contributed by atoms with van der Waals surface area (Å²) in [6.45, 7) is 0.963. The van der Waals surface area contributed by atoms with E-state index in [-0.39, 0.29) is 16.4 Å². The lowest BCUT2D eigenvalue weighted by Gasteiger charge is -2.29. The van der Waals surface area contributed by atoms with Crippen molar-refractivity contribution in [2.24, 2.45) is 0 Å². The van der Waals surface area contributed by atoms with Crippen LogP contribution in [0.3, 0.4) is 0 Å². The summed E-state index contributed by atoms with van der Waals surface area (Å²) in [5.41, 5.74) is 2.27. The van der Waals surface area contributed by atoms with Gasteiger partial charge in [0, 0.05) is 13.1 Å². The molecule has 0 saturated carbocycles. The fourth-order valence-corrected chi connectivity index (χ4v) is 3.39. The second-order valence-electron chi connectivity index (χ2n) is 5.22. The van der Waals surface area contributed by atoms with E-state index in [2.05, 4.69) is 0 Å². The Morgan fingerprint density at radius 1 is 1.00 bits per heavy atom. The average Bonchev–Trinajstić information content (AvgIpc) is 2.53. The molecule has 5 nitrogen and oxygen atoms in total. The van der Waals surface area contributed by atoms with Gasteiger partial charge in [-0.2, -0.15) is 8.42 Å².